The van der Waals surface area contributed by atoms with Crippen molar-refractivity contribution >= 4 is 54.8 Å². The lowest BCUT2D eigenvalue weighted by atomic mass is 10.3. The van der Waals surface area contributed by atoms with Gasteiger partial charge in [-0.25, -0.2) is 12.8 Å². The fraction of sp³-hybridized carbons (Fsp3) is 0. The standard InChI is InChI=1S/C12H7BrCl2FNO2S/c13-7-1-4-10(16)11(5-7)17-20(18,19)12-6-8(14)2-3-9(12)15/h1-6,17H. The van der Waals surface area contributed by atoms with Gasteiger partial charge in [-0.1, -0.05) is 39.1 Å². The van der Waals surface area contributed by atoms with Crippen LogP contribution in [0.4, 0.5) is 10.1 Å². The van der Waals surface area contributed by atoms with E-state index in [1.54, 1.807) is 0 Å². The van der Waals surface area contributed by atoms with Crippen molar-refractivity contribution in [3.05, 3.63) is 56.7 Å². The zero-order valence-corrected chi connectivity index (χ0v) is 13.6. The van der Waals surface area contributed by atoms with Crippen molar-refractivity contribution in [1.82, 2.24) is 0 Å². The number of hydrogen-bond acceptors (Lipinski definition) is 2. The molecular weight excluding hydrogens is 392 g/mol. The molecule has 0 heterocycles. The van der Waals surface area contributed by atoms with E-state index in [1.807, 2.05) is 0 Å². The predicted molar refractivity (Wildman–Crippen MR) is 81.4 cm³/mol. The van der Waals surface area contributed by atoms with Crippen LogP contribution in [-0.2, 0) is 10.0 Å². The maximum atomic E-state index is 13.6. The van der Waals surface area contributed by atoms with Gasteiger partial charge in [0.25, 0.3) is 10.0 Å². The summed E-state index contributed by atoms with van der Waals surface area (Å²) in [6.45, 7) is 0. The molecule has 1 N–H and O–H groups in total. The highest BCUT2D eigenvalue weighted by molar-refractivity contribution is 9.10. The van der Waals surface area contributed by atoms with Crippen LogP contribution < -0.4 is 4.72 Å². The number of anilines is 1. The number of halogens is 4. The molecule has 8 heteroatoms. The molecule has 0 bridgehead atoms. The highest BCUT2D eigenvalue weighted by Crippen LogP contribution is 2.28. The summed E-state index contributed by atoms with van der Waals surface area (Å²) in [7, 11) is -4.03. The average molecular weight is 399 g/mol. The largest absolute Gasteiger partial charge is 0.277 e. The Hall–Kier alpha value is -0.820. The SMILES string of the molecule is O=S(=O)(Nc1cc(Br)ccc1F)c1cc(Cl)ccc1Cl. The number of benzene rings is 2. The average Bonchev–Trinajstić information content (AvgIpc) is 2.36. The Morgan fingerprint density at radius 2 is 1.80 bits per heavy atom. The van der Waals surface area contributed by atoms with Crippen LogP contribution in [0.3, 0.4) is 0 Å². The third kappa shape index (κ3) is 3.44. The molecule has 0 aliphatic heterocycles. The molecule has 0 aromatic heterocycles. The topological polar surface area (TPSA) is 46.2 Å². The van der Waals surface area contributed by atoms with Crippen LogP contribution in [0.1, 0.15) is 0 Å². The van der Waals surface area contributed by atoms with Crippen molar-refractivity contribution in [3.8, 4) is 0 Å². The number of nitrogens with one attached hydrogen (secondary N) is 1. The first-order valence-corrected chi connectivity index (χ1v) is 8.26. The molecular formula is C12H7BrCl2FNO2S. The van der Waals surface area contributed by atoms with Crippen molar-refractivity contribution in [1.29, 1.82) is 0 Å². The minimum Gasteiger partial charge on any atom is -0.277 e. The molecule has 0 unspecified atom stereocenters. The van der Waals surface area contributed by atoms with Crippen molar-refractivity contribution in [2.24, 2.45) is 0 Å². The van der Waals surface area contributed by atoms with E-state index >= 15 is 0 Å². The summed E-state index contributed by atoms with van der Waals surface area (Å²) in [5.41, 5.74) is -0.185. The van der Waals surface area contributed by atoms with E-state index < -0.39 is 15.8 Å². The Morgan fingerprint density at radius 3 is 2.50 bits per heavy atom. The fourth-order valence-corrected chi connectivity index (χ4v) is 3.64. The van der Waals surface area contributed by atoms with Gasteiger partial charge in [0.2, 0.25) is 0 Å². The van der Waals surface area contributed by atoms with E-state index in [0.717, 1.165) is 6.07 Å². The van der Waals surface area contributed by atoms with Crippen molar-refractivity contribution in [2.45, 2.75) is 4.90 Å². The van der Waals surface area contributed by atoms with Gasteiger partial charge in [-0.15, -0.1) is 0 Å². The molecule has 0 aliphatic rings. The van der Waals surface area contributed by atoms with E-state index in [4.69, 9.17) is 23.2 Å². The van der Waals surface area contributed by atoms with Gasteiger partial charge in [0, 0.05) is 9.50 Å². The van der Waals surface area contributed by atoms with Crippen molar-refractivity contribution < 1.29 is 12.8 Å². The monoisotopic (exact) mass is 397 g/mol. The van der Waals surface area contributed by atoms with Crippen LogP contribution in [0.15, 0.2) is 45.8 Å². The number of sulfonamides is 1. The summed E-state index contributed by atoms with van der Waals surface area (Å²) < 4.78 is 40.7. The van der Waals surface area contributed by atoms with Crippen LogP contribution >= 0.6 is 39.1 Å². The zero-order valence-electron chi connectivity index (χ0n) is 9.70. The normalized spacial score (nSPS) is 11.4. The van der Waals surface area contributed by atoms with Gasteiger partial charge in [-0.05, 0) is 36.4 Å². The van der Waals surface area contributed by atoms with Gasteiger partial charge in [-0.3, -0.25) is 4.72 Å². The summed E-state index contributed by atoms with van der Waals surface area (Å²) in [5, 5.41) is 0.210. The lowest BCUT2D eigenvalue weighted by Gasteiger charge is -2.11. The van der Waals surface area contributed by atoms with Gasteiger partial charge in [0.05, 0.1) is 10.7 Å². The fourth-order valence-electron chi connectivity index (χ4n) is 1.46. The van der Waals surface area contributed by atoms with Crippen LogP contribution in [0, 0.1) is 5.82 Å². The summed E-state index contributed by atoms with van der Waals surface area (Å²) in [6.07, 6.45) is 0. The minimum absolute atomic E-state index is 0.00250. The second-order valence-corrected chi connectivity index (χ2v) is 7.21. The number of hydrogen-bond donors (Lipinski definition) is 1. The van der Waals surface area contributed by atoms with Gasteiger partial charge in [0.1, 0.15) is 10.7 Å². The molecule has 0 atom stereocenters. The molecule has 0 radical (unpaired) electrons. The van der Waals surface area contributed by atoms with E-state index in [-0.39, 0.29) is 20.6 Å². The number of rotatable bonds is 3. The summed E-state index contributed by atoms with van der Waals surface area (Å²) in [6, 6.07) is 7.92. The minimum atomic E-state index is -4.03. The Kier molecular flexibility index (Phi) is 4.59. The summed E-state index contributed by atoms with van der Waals surface area (Å²) in [5.74, 6) is -0.699. The Morgan fingerprint density at radius 1 is 1.10 bits per heavy atom. The molecule has 0 saturated carbocycles. The molecule has 2 aromatic carbocycles. The summed E-state index contributed by atoms with van der Waals surface area (Å²) >= 11 is 14.7. The molecule has 2 aromatic rings. The van der Waals surface area contributed by atoms with E-state index in [0.29, 0.717) is 4.47 Å². The van der Waals surface area contributed by atoms with E-state index in [1.165, 1.54) is 30.3 Å². The van der Waals surface area contributed by atoms with Crippen LogP contribution in [-0.4, -0.2) is 8.42 Å². The molecule has 0 saturated heterocycles. The first-order valence-electron chi connectivity index (χ1n) is 5.22. The van der Waals surface area contributed by atoms with Crippen LogP contribution in [0.2, 0.25) is 10.0 Å². The van der Waals surface area contributed by atoms with Crippen molar-refractivity contribution in [2.75, 3.05) is 4.72 Å². The highest BCUT2D eigenvalue weighted by atomic mass is 79.9. The molecule has 2 rings (SSSR count). The lowest BCUT2D eigenvalue weighted by molar-refractivity contribution is 0.598. The Labute approximate surface area is 133 Å². The van der Waals surface area contributed by atoms with Crippen molar-refractivity contribution in [3.63, 3.8) is 0 Å². The van der Waals surface area contributed by atoms with Gasteiger partial charge < -0.3 is 0 Å². The predicted octanol–water partition coefficient (Wildman–Crippen LogP) is 4.70. The van der Waals surface area contributed by atoms with Crippen LogP contribution in [0.25, 0.3) is 0 Å². The summed E-state index contributed by atoms with van der Waals surface area (Å²) in [4.78, 5) is -0.217. The highest BCUT2D eigenvalue weighted by Gasteiger charge is 2.20. The zero-order chi connectivity index (χ0) is 14.9. The van der Waals surface area contributed by atoms with Crippen LogP contribution in [0.5, 0.6) is 0 Å². The first-order chi connectivity index (χ1) is 9.29. The molecule has 0 spiro atoms. The Balaban J connectivity index is 2.46. The van der Waals surface area contributed by atoms with Gasteiger partial charge in [0.15, 0.2) is 0 Å². The molecule has 0 amide bonds. The second-order valence-electron chi connectivity index (χ2n) is 3.80. The molecule has 3 nitrogen and oxygen atoms in total. The Bertz CT molecular complexity index is 768. The third-order valence-corrected chi connectivity index (χ3v) is 4.93. The second kappa shape index (κ2) is 5.89. The smallest absolute Gasteiger partial charge is 0.263 e. The van der Waals surface area contributed by atoms with E-state index in [9.17, 15) is 12.8 Å². The molecule has 0 fully saturated rings. The molecule has 0 aliphatic carbocycles. The van der Waals surface area contributed by atoms with Gasteiger partial charge >= 0.3 is 0 Å². The maximum Gasteiger partial charge on any atom is 0.263 e. The third-order valence-electron chi connectivity index (χ3n) is 2.36. The molecule has 20 heavy (non-hydrogen) atoms. The molecule has 106 valence electrons. The lowest BCUT2D eigenvalue weighted by Crippen LogP contribution is -2.14. The van der Waals surface area contributed by atoms with E-state index in [2.05, 4.69) is 20.7 Å². The maximum absolute atomic E-state index is 13.6. The van der Waals surface area contributed by atoms with Gasteiger partial charge in [-0.2, -0.15) is 0 Å². The first kappa shape index (κ1) is 15.6. The quantitative estimate of drug-likeness (QED) is 0.814.